The minimum atomic E-state index is 0.371. The van der Waals surface area contributed by atoms with Crippen molar-refractivity contribution >= 4 is 34.5 Å². The van der Waals surface area contributed by atoms with E-state index in [2.05, 4.69) is 15.0 Å². The van der Waals surface area contributed by atoms with Gasteiger partial charge in [-0.2, -0.15) is 0 Å². The van der Waals surface area contributed by atoms with Gasteiger partial charge in [-0.3, -0.25) is 0 Å². The van der Waals surface area contributed by atoms with Gasteiger partial charge in [0.15, 0.2) is 10.7 Å². The third kappa shape index (κ3) is 2.43. The molecule has 19 heavy (non-hydrogen) atoms. The summed E-state index contributed by atoms with van der Waals surface area (Å²) >= 11 is 7.37. The first-order valence-electron chi connectivity index (χ1n) is 5.67. The summed E-state index contributed by atoms with van der Waals surface area (Å²) in [5.74, 6) is 0. The van der Waals surface area contributed by atoms with Gasteiger partial charge in [0.1, 0.15) is 10.5 Å². The molecule has 0 saturated heterocycles. The molecule has 0 aliphatic rings. The Bertz CT molecular complexity index is 724. The standard InChI is InChI=1S/C13H10ClN3OS/c1-7-8(2)16-12(11(14)15-7)19-13-17-9-5-3-4-6-10(9)18-13/h3-6H,1-2H3. The lowest BCUT2D eigenvalue weighted by molar-refractivity contribution is 0.489. The van der Waals surface area contributed by atoms with Gasteiger partial charge in [-0.1, -0.05) is 23.7 Å². The van der Waals surface area contributed by atoms with E-state index in [9.17, 15) is 0 Å². The zero-order chi connectivity index (χ0) is 13.4. The van der Waals surface area contributed by atoms with Crippen LogP contribution < -0.4 is 0 Å². The van der Waals surface area contributed by atoms with E-state index < -0.39 is 0 Å². The summed E-state index contributed by atoms with van der Waals surface area (Å²) in [6, 6.07) is 7.60. The molecule has 1 aromatic carbocycles. The number of oxazole rings is 1. The van der Waals surface area contributed by atoms with E-state index in [0.717, 1.165) is 22.5 Å². The molecular formula is C13H10ClN3OS. The number of aryl methyl sites for hydroxylation is 2. The highest BCUT2D eigenvalue weighted by molar-refractivity contribution is 7.99. The van der Waals surface area contributed by atoms with Gasteiger partial charge in [-0.25, -0.2) is 15.0 Å². The van der Waals surface area contributed by atoms with Crippen LogP contribution in [-0.4, -0.2) is 15.0 Å². The molecule has 3 rings (SSSR count). The zero-order valence-corrected chi connectivity index (χ0v) is 11.9. The Hall–Kier alpha value is -1.59. The quantitative estimate of drug-likeness (QED) is 0.713. The average molecular weight is 292 g/mol. The lowest BCUT2D eigenvalue weighted by Gasteiger charge is -2.03. The summed E-state index contributed by atoms with van der Waals surface area (Å²) in [6.07, 6.45) is 0. The van der Waals surface area contributed by atoms with Crippen LogP contribution in [0.5, 0.6) is 0 Å². The topological polar surface area (TPSA) is 51.8 Å². The Morgan fingerprint density at radius 2 is 1.79 bits per heavy atom. The molecule has 3 aromatic rings. The molecular weight excluding hydrogens is 282 g/mol. The van der Waals surface area contributed by atoms with Gasteiger partial charge in [0, 0.05) is 0 Å². The van der Waals surface area contributed by atoms with Gasteiger partial charge in [-0.15, -0.1) is 0 Å². The predicted molar refractivity (Wildman–Crippen MR) is 74.6 cm³/mol. The molecule has 2 aromatic heterocycles. The smallest absolute Gasteiger partial charge is 0.263 e. The average Bonchev–Trinajstić information content (AvgIpc) is 2.78. The van der Waals surface area contributed by atoms with Gasteiger partial charge in [0.2, 0.25) is 0 Å². The van der Waals surface area contributed by atoms with Crippen LogP contribution in [0.25, 0.3) is 11.1 Å². The number of rotatable bonds is 2. The van der Waals surface area contributed by atoms with Crippen molar-refractivity contribution in [2.45, 2.75) is 24.1 Å². The second kappa shape index (κ2) is 4.83. The van der Waals surface area contributed by atoms with Crippen molar-refractivity contribution in [3.05, 3.63) is 40.8 Å². The van der Waals surface area contributed by atoms with E-state index in [-0.39, 0.29) is 0 Å². The van der Waals surface area contributed by atoms with Crippen molar-refractivity contribution in [2.75, 3.05) is 0 Å². The summed E-state index contributed by atoms with van der Waals surface area (Å²) in [5, 5.41) is 1.49. The first-order chi connectivity index (χ1) is 9.13. The van der Waals surface area contributed by atoms with Crippen LogP contribution in [-0.2, 0) is 0 Å². The highest BCUT2D eigenvalue weighted by Gasteiger charge is 2.13. The number of halogens is 1. The molecule has 0 aliphatic carbocycles. The lowest BCUT2D eigenvalue weighted by Crippen LogP contribution is -1.95. The zero-order valence-electron chi connectivity index (χ0n) is 10.3. The van der Waals surface area contributed by atoms with Gasteiger partial charge < -0.3 is 4.42 Å². The molecule has 0 aliphatic heterocycles. The number of aromatic nitrogens is 3. The van der Waals surface area contributed by atoms with Crippen LogP contribution >= 0.6 is 23.4 Å². The maximum absolute atomic E-state index is 6.09. The van der Waals surface area contributed by atoms with Gasteiger partial charge in [-0.05, 0) is 37.7 Å². The van der Waals surface area contributed by atoms with Gasteiger partial charge >= 0.3 is 0 Å². The number of hydrogen-bond donors (Lipinski definition) is 0. The first-order valence-corrected chi connectivity index (χ1v) is 6.87. The molecule has 0 bridgehead atoms. The molecule has 0 unspecified atom stereocenters. The monoisotopic (exact) mass is 291 g/mol. The third-order valence-electron chi connectivity index (χ3n) is 2.69. The van der Waals surface area contributed by atoms with Crippen LogP contribution in [0.4, 0.5) is 0 Å². The van der Waals surface area contributed by atoms with E-state index in [0.29, 0.717) is 15.4 Å². The summed E-state index contributed by atoms with van der Waals surface area (Å²) in [5.41, 5.74) is 3.24. The largest absolute Gasteiger partial charge is 0.431 e. The SMILES string of the molecule is Cc1nc(Cl)c(Sc2nc3ccccc3o2)nc1C. The summed E-state index contributed by atoms with van der Waals surface area (Å²) in [6.45, 7) is 3.77. The van der Waals surface area contributed by atoms with Crippen molar-refractivity contribution in [3.63, 3.8) is 0 Å². The summed E-state index contributed by atoms with van der Waals surface area (Å²) in [7, 11) is 0. The third-order valence-corrected chi connectivity index (χ3v) is 3.90. The van der Waals surface area contributed by atoms with Crippen LogP contribution in [0.3, 0.4) is 0 Å². The number of fused-ring (bicyclic) bond motifs is 1. The minimum absolute atomic E-state index is 0.371. The fourth-order valence-corrected chi connectivity index (χ4v) is 2.64. The van der Waals surface area contributed by atoms with E-state index in [4.69, 9.17) is 16.0 Å². The number of para-hydroxylation sites is 2. The Kier molecular flexibility index (Phi) is 3.16. The fraction of sp³-hybridized carbons (Fsp3) is 0.154. The van der Waals surface area contributed by atoms with Gasteiger partial charge in [0.05, 0.1) is 11.4 Å². The van der Waals surface area contributed by atoms with Crippen molar-refractivity contribution in [2.24, 2.45) is 0 Å². The van der Waals surface area contributed by atoms with Crippen LogP contribution in [0.15, 0.2) is 38.9 Å². The van der Waals surface area contributed by atoms with Gasteiger partial charge in [0.25, 0.3) is 5.22 Å². The first kappa shape index (κ1) is 12.4. The molecule has 2 heterocycles. The maximum atomic E-state index is 6.09. The van der Waals surface area contributed by atoms with Crippen molar-refractivity contribution < 1.29 is 4.42 Å². The van der Waals surface area contributed by atoms with Crippen LogP contribution in [0.1, 0.15) is 11.4 Å². The Labute approximate surface area is 119 Å². The lowest BCUT2D eigenvalue weighted by atomic mass is 10.3. The van der Waals surface area contributed by atoms with E-state index in [1.807, 2.05) is 38.1 Å². The molecule has 0 spiro atoms. The molecule has 0 saturated carbocycles. The Balaban J connectivity index is 1.98. The summed E-state index contributed by atoms with van der Waals surface area (Å²) in [4.78, 5) is 13.0. The molecule has 96 valence electrons. The predicted octanol–water partition coefficient (Wildman–Crippen LogP) is 4.04. The highest BCUT2D eigenvalue weighted by Crippen LogP contribution is 2.32. The Morgan fingerprint density at radius 3 is 2.58 bits per heavy atom. The van der Waals surface area contributed by atoms with Crippen LogP contribution in [0.2, 0.25) is 5.15 Å². The highest BCUT2D eigenvalue weighted by atomic mass is 35.5. The normalized spacial score (nSPS) is 11.1. The summed E-state index contributed by atoms with van der Waals surface area (Å²) < 4.78 is 5.62. The molecule has 0 amide bonds. The molecule has 0 atom stereocenters. The molecule has 0 fully saturated rings. The van der Waals surface area contributed by atoms with Crippen molar-refractivity contribution in [1.82, 2.24) is 15.0 Å². The van der Waals surface area contributed by atoms with Crippen LogP contribution in [0, 0.1) is 13.8 Å². The van der Waals surface area contributed by atoms with Crippen molar-refractivity contribution in [1.29, 1.82) is 0 Å². The molecule has 0 N–H and O–H groups in total. The molecule has 0 radical (unpaired) electrons. The molecule has 4 nitrogen and oxygen atoms in total. The van der Waals surface area contributed by atoms with Crippen molar-refractivity contribution in [3.8, 4) is 0 Å². The fourth-order valence-electron chi connectivity index (χ4n) is 1.60. The number of hydrogen-bond acceptors (Lipinski definition) is 5. The van der Waals surface area contributed by atoms with E-state index >= 15 is 0 Å². The number of benzene rings is 1. The Morgan fingerprint density at radius 1 is 1.05 bits per heavy atom. The van der Waals surface area contributed by atoms with E-state index in [1.165, 1.54) is 11.8 Å². The molecule has 6 heteroatoms. The number of nitrogens with zero attached hydrogens (tertiary/aromatic N) is 3. The second-order valence-electron chi connectivity index (χ2n) is 4.04. The van der Waals surface area contributed by atoms with E-state index in [1.54, 1.807) is 0 Å². The minimum Gasteiger partial charge on any atom is -0.431 e. The maximum Gasteiger partial charge on any atom is 0.263 e. The second-order valence-corrected chi connectivity index (χ2v) is 5.34.